The van der Waals surface area contributed by atoms with E-state index < -0.39 is 18.1 Å². The maximum Gasteiger partial charge on any atom is 0.0833 e. The molecule has 0 amide bonds. The minimum atomic E-state index is -0.445. The van der Waals surface area contributed by atoms with Crippen molar-refractivity contribution in [3.63, 3.8) is 0 Å². The van der Waals surface area contributed by atoms with Crippen molar-refractivity contribution >= 4 is 61.7 Å². The summed E-state index contributed by atoms with van der Waals surface area (Å²) < 4.78 is 42.8. The van der Waals surface area contributed by atoms with Gasteiger partial charge in [-0.15, -0.1) is 11.3 Å². The van der Waals surface area contributed by atoms with Crippen LogP contribution in [0.4, 0.5) is 17.1 Å². The second kappa shape index (κ2) is 10.1. The number of benzene rings is 4. The second-order valence-corrected chi connectivity index (χ2v) is 13.2. The van der Waals surface area contributed by atoms with E-state index in [-0.39, 0.29) is 33.5 Å². The van der Waals surface area contributed by atoms with Crippen LogP contribution >= 0.6 is 34.5 Å². The molecule has 0 bridgehead atoms. The van der Waals surface area contributed by atoms with E-state index in [2.05, 4.69) is 89.4 Å². The second-order valence-electron chi connectivity index (χ2n) is 11.5. The first-order valence-electron chi connectivity index (χ1n) is 15.0. The van der Waals surface area contributed by atoms with Crippen LogP contribution in [0.2, 0.25) is 10.0 Å². The van der Waals surface area contributed by atoms with Crippen LogP contribution in [0, 0.1) is 0 Å². The van der Waals surface area contributed by atoms with Crippen LogP contribution in [-0.4, -0.2) is 0 Å². The van der Waals surface area contributed by atoms with Crippen LogP contribution in [0.15, 0.2) is 90.2 Å². The molecule has 0 aliphatic heterocycles. The van der Waals surface area contributed by atoms with Gasteiger partial charge in [0, 0.05) is 21.2 Å². The highest BCUT2D eigenvalue weighted by molar-refractivity contribution is 7.17. The van der Waals surface area contributed by atoms with Crippen molar-refractivity contribution < 1.29 is 6.85 Å². The zero-order chi connectivity index (χ0) is 31.6. The first-order chi connectivity index (χ1) is 20.0. The van der Waals surface area contributed by atoms with Gasteiger partial charge in [0.15, 0.2) is 0 Å². The van der Waals surface area contributed by atoms with Gasteiger partial charge in [-0.1, -0.05) is 113 Å². The molecule has 0 fully saturated rings. The lowest BCUT2D eigenvalue weighted by Gasteiger charge is -2.28. The molecule has 5 rings (SSSR count). The van der Waals surface area contributed by atoms with Crippen LogP contribution in [-0.2, 0) is 10.8 Å². The van der Waals surface area contributed by atoms with Crippen molar-refractivity contribution in [3.8, 4) is 11.1 Å². The van der Waals surface area contributed by atoms with Gasteiger partial charge in [0.2, 0.25) is 0 Å². The van der Waals surface area contributed by atoms with Gasteiger partial charge in [0.1, 0.15) is 0 Å². The Morgan fingerprint density at radius 1 is 0.711 bits per heavy atom. The Hall–Kier alpha value is -2.78. The van der Waals surface area contributed by atoms with E-state index in [1.807, 2.05) is 4.90 Å². The number of hydrogen-bond donors (Lipinski definition) is 0. The molecule has 1 aromatic heterocycles. The van der Waals surface area contributed by atoms with Crippen LogP contribution in [0.1, 0.15) is 59.5 Å². The maximum atomic E-state index is 8.59. The van der Waals surface area contributed by atoms with Gasteiger partial charge in [0.25, 0.3) is 0 Å². The summed E-state index contributed by atoms with van der Waals surface area (Å²) in [7, 11) is 0. The standard InChI is InChI=1S/C34H33Cl2NS/c1-33(2,3)24-12-15-26(16-13-24)37(30-21-38-31-17-14-25(20-27(30)31)34(4,5)6)29-19-23(18-28(35)32(29)36)22-10-8-7-9-11-22/h7-21H,1-6H3/i7D,8D,9D,10D,11D. The van der Waals surface area contributed by atoms with E-state index in [9.17, 15) is 0 Å². The smallest absolute Gasteiger partial charge is 0.0833 e. The highest BCUT2D eigenvalue weighted by atomic mass is 35.5. The molecule has 0 aliphatic carbocycles. The summed E-state index contributed by atoms with van der Waals surface area (Å²) in [5.74, 6) is 0. The monoisotopic (exact) mass is 562 g/mol. The molecule has 194 valence electrons. The molecule has 4 heteroatoms. The van der Waals surface area contributed by atoms with E-state index in [0.29, 0.717) is 16.3 Å². The first-order valence-corrected chi connectivity index (χ1v) is 14.1. The predicted octanol–water partition coefficient (Wildman–Crippen LogP) is 11.9. The van der Waals surface area contributed by atoms with Gasteiger partial charge in [0.05, 0.1) is 28.3 Å². The van der Waals surface area contributed by atoms with Crippen LogP contribution in [0.5, 0.6) is 0 Å². The number of halogens is 2. The minimum Gasteiger partial charge on any atom is -0.307 e. The SMILES string of the molecule is [2H]c1c([2H])c([2H])c(-c2cc(Cl)c(Cl)c(N(c3ccc(C(C)(C)C)cc3)c3csc4ccc(C(C)(C)C)cc34)c2)c([2H])c1[2H]. The Kier molecular flexibility index (Phi) is 5.59. The molecular weight excluding hydrogens is 525 g/mol. The molecule has 0 atom stereocenters. The van der Waals surface area contributed by atoms with E-state index in [1.54, 1.807) is 23.5 Å². The van der Waals surface area contributed by atoms with Crippen molar-refractivity contribution in [2.24, 2.45) is 0 Å². The summed E-state index contributed by atoms with van der Waals surface area (Å²) in [6.45, 7) is 13.1. The topological polar surface area (TPSA) is 3.24 Å². The Bertz CT molecular complexity index is 1840. The third-order valence-electron chi connectivity index (χ3n) is 6.69. The highest BCUT2D eigenvalue weighted by Gasteiger charge is 2.24. The normalized spacial score (nSPS) is 14.1. The number of hydrogen-bond acceptors (Lipinski definition) is 2. The molecular formula is C34H33Cl2NS. The molecule has 1 heterocycles. The zero-order valence-corrected chi connectivity index (χ0v) is 24.7. The lowest BCUT2D eigenvalue weighted by atomic mass is 9.86. The van der Waals surface area contributed by atoms with Gasteiger partial charge in [-0.05, 0) is 69.5 Å². The third kappa shape index (κ3) is 5.23. The Morgan fingerprint density at radius 3 is 1.97 bits per heavy atom. The molecule has 1 nitrogen and oxygen atoms in total. The largest absolute Gasteiger partial charge is 0.307 e. The number of fused-ring (bicyclic) bond motifs is 1. The van der Waals surface area contributed by atoms with Gasteiger partial charge in [-0.2, -0.15) is 0 Å². The van der Waals surface area contributed by atoms with Crippen molar-refractivity contribution in [2.75, 3.05) is 4.90 Å². The van der Waals surface area contributed by atoms with E-state index in [1.165, 1.54) is 11.1 Å². The summed E-state index contributed by atoms with van der Waals surface area (Å²) in [6.07, 6.45) is 0. The average Bonchev–Trinajstić information content (AvgIpc) is 3.36. The van der Waals surface area contributed by atoms with Gasteiger partial charge in [-0.25, -0.2) is 0 Å². The molecule has 38 heavy (non-hydrogen) atoms. The summed E-state index contributed by atoms with van der Waals surface area (Å²) in [4.78, 5) is 2.05. The Balaban J connectivity index is 1.83. The van der Waals surface area contributed by atoms with Crippen molar-refractivity contribution in [2.45, 2.75) is 52.4 Å². The average molecular weight is 564 g/mol. The molecule has 5 aromatic rings. The van der Waals surface area contributed by atoms with Crippen molar-refractivity contribution in [1.29, 1.82) is 0 Å². The van der Waals surface area contributed by atoms with Crippen molar-refractivity contribution in [3.05, 3.63) is 111 Å². The molecule has 4 aromatic carbocycles. The Labute approximate surface area is 247 Å². The lowest BCUT2D eigenvalue weighted by Crippen LogP contribution is -2.14. The van der Waals surface area contributed by atoms with Crippen LogP contribution in [0.25, 0.3) is 21.2 Å². The van der Waals surface area contributed by atoms with E-state index in [0.717, 1.165) is 21.5 Å². The van der Waals surface area contributed by atoms with Gasteiger partial charge >= 0.3 is 0 Å². The van der Waals surface area contributed by atoms with E-state index >= 15 is 0 Å². The molecule has 0 aliphatic rings. The summed E-state index contributed by atoms with van der Waals surface area (Å²) in [6, 6.07) is 16.3. The molecule has 0 radical (unpaired) electrons. The Morgan fingerprint density at radius 2 is 1.34 bits per heavy atom. The molecule has 0 N–H and O–H groups in total. The van der Waals surface area contributed by atoms with Gasteiger partial charge < -0.3 is 4.90 Å². The van der Waals surface area contributed by atoms with Gasteiger partial charge in [-0.3, -0.25) is 0 Å². The summed E-state index contributed by atoms with van der Waals surface area (Å²) in [5, 5.41) is 3.66. The predicted molar refractivity (Wildman–Crippen MR) is 169 cm³/mol. The fourth-order valence-electron chi connectivity index (χ4n) is 4.45. The minimum absolute atomic E-state index is 0.0398. The fourth-order valence-corrected chi connectivity index (χ4v) is 5.77. The number of nitrogens with zero attached hydrogens (tertiary/aromatic N) is 1. The lowest BCUT2D eigenvalue weighted by molar-refractivity contribution is 0.590. The van der Waals surface area contributed by atoms with Crippen LogP contribution in [0.3, 0.4) is 0 Å². The quantitative estimate of drug-likeness (QED) is 0.210. The highest BCUT2D eigenvalue weighted by Crippen LogP contribution is 2.48. The molecule has 0 saturated heterocycles. The fraction of sp³-hybridized carbons (Fsp3) is 0.235. The summed E-state index contributed by atoms with van der Waals surface area (Å²) in [5.41, 5.74) is 5.03. The zero-order valence-electron chi connectivity index (χ0n) is 27.4. The first kappa shape index (κ1) is 21.1. The van der Waals surface area contributed by atoms with Crippen LogP contribution < -0.4 is 4.90 Å². The van der Waals surface area contributed by atoms with E-state index in [4.69, 9.17) is 30.1 Å². The number of rotatable bonds is 4. The maximum absolute atomic E-state index is 8.59. The number of anilines is 3. The van der Waals surface area contributed by atoms with Crippen molar-refractivity contribution in [1.82, 2.24) is 0 Å². The molecule has 0 unspecified atom stereocenters. The molecule has 0 spiro atoms. The third-order valence-corrected chi connectivity index (χ3v) is 8.43. The number of thiophene rings is 1. The molecule has 0 saturated carbocycles. The summed E-state index contributed by atoms with van der Waals surface area (Å²) >= 11 is 15.4.